The van der Waals surface area contributed by atoms with Gasteiger partial charge < -0.3 is 10.1 Å². The van der Waals surface area contributed by atoms with Crippen molar-refractivity contribution in [3.63, 3.8) is 0 Å². The first-order valence-corrected chi connectivity index (χ1v) is 8.44. The number of rotatable bonds is 7. The number of amides is 1. The standard InChI is InChI=1S/C16H17N5O2S/c1-2-23-13-7-5-12(6-8-13)21-15(18-19-20-21)11-17-16(22)10-14-4-3-9-24-14/h3-9H,2,10-11H2,1H3,(H,17,22). The Morgan fingerprint density at radius 1 is 1.29 bits per heavy atom. The van der Waals surface area contributed by atoms with Crippen LogP contribution in [-0.4, -0.2) is 32.7 Å². The zero-order valence-electron chi connectivity index (χ0n) is 13.2. The molecule has 0 radical (unpaired) electrons. The first-order valence-electron chi connectivity index (χ1n) is 7.56. The van der Waals surface area contributed by atoms with Crippen LogP contribution in [0.3, 0.4) is 0 Å². The summed E-state index contributed by atoms with van der Waals surface area (Å²) < 4.78 is 7.02. The largest absolute Gasteiger partial charge is 0.494 e. The third kappa shape index (κ3) is 3.96. The van der Waals surface area contributed by atoms with Crippen molar-refractivity contribution < 1.29 is 9.53 Å². The SMILES string of the molecule is CCOc1ccc(-n2nnnc2CNC(=O)Cc2cccs2)cc1. The van der Waals surface area contributed by atoms with E-state index < -0.39 is 0 Å². The van der Waals surface area contributed by atoms with E-state index in [4.69, 9.17) is 4.74 Å². The van der Waals surface area contributed by atoms with Crippen LogP contribution in [0, 0.1) is 0 Å². The van der Waals surface area contributed by atoms with E-state index in [0.29, 0.717) is 18.9 Å². The molecular weight excluding hydrogens is 326 g/mol. The summed E-state index contributed by atoms with van der Waals surface area (Å²) in [6, 6.07) is 11.3. The Kier molecular flexibility index (Phi) is 5.17. The minimum absolute atomic E-state index is 0.0568. The Balaban J connectivity index is 1.63. The van der Waals surface area contributed by atoms with Gasteiger partial charge in [0, 0.05) is 4.88 Å². The summed E-state index contributed by atoms with van der Waals surface area (Å²) in [7, 11) is 0. The highest BCUT2D eigenvalue weighted by Gasteiger charge is 2.11. The van der Waals surface area contributed by atoms with Crippen molar-refractivity contribution in [1.82, 2.24) is 25.5 Å². The van der Waals surface area contributed by atoms with E-state index in [2.05, 4.69) is 20.8 Å². The Bertz CT molecular complexity index is 783. The smallest absolute Gasteiger partial charge is 0.225 e. The van der Waals surface area contributed by atoms with Crippen LogP contribution in [0.2, 0.25) is 0 Å². The molecule has 8 heteroatoms. The second-order valence-electron chi connectivity index (χ2n) is 4.97. The number of thiophene rings is 1. The molecule has 0 saturated heterocycles. The predicted molar refractivity (Wildman–Crippen MR) is 90.2 cm³/mol. The number of hydrogen-bond acceptors (Lipinski definition) is 6. The predicted octanol–water partition coefficient (Wildman–Crippen LogP) is 1.98. The monoisotopic (exact) mass is 343 g/mol. The number of nitrogens with zero attached hydrogens (tertiary/aromatic N) is 4. The van der Waals surface area contributed by atoms with E-state index in [1.807, 2.05) is 48.7 Å². The number of nitrogens with one attached hydrogen (secondary N) is 1. The number of tetrazole rings is 1. The molecule has 0 bridgehead atoms. The average Bonchev–Trinajstić information content (AvgIpc) is 3.25. The highest BCUT2D eigenvalue weighted by atomic mass is 32.1. The number of carbonyl (C=O) groups is 1. The number of hydrogen-bond donors (Lipinski definition) is 1. The van der Waals surface area contributed by atoms with Crippen LogP contribution >= 0.6 is 11.3 Å². The molecule has 0 unspecified atom stereocenters. The lowest BCUT2D eigenvalue weighted by Gasteiger charge is -2.07. The number of benzene rings is 1. The fraction of sp³-hybridized carbons (Fsp3) is 0.250. The zero-order valence-corrected chi connectivity index (χ0v) is 14.0. The fourth-order valence-corrected chi connectivity index (χ4v) is 2.88. The summed E-state index contributed by atoms with van der Waals surface area (Å²) in [6.45, 7) is 2.82. The molecule has 2 heterocycles. The van der Waals surface area contributed by atoms with Gasteiger partial charge in [0.15, 0.2) is 5.82 Å². The zero-order chi connectivity index (χ0) is 16.8. The highest BCUT2D eigenvalue weighted by molar-refractivity contribution is 7.10. The molecule has 7 nitrogen and oxygen atoms in total. The number of carbonyl (C=O) groups excluding carboxylic acids is 1. The average molecular weight is 343 g/mol. The van der Waals surface area contributed by atoms with Crippen LogP contribution < -0.4 is 10.1 Å². The minimum atomic E-state index is -0.0568. The van der Waals surface area contributed by atoms with E-state index in [1.165, 1.54) is 0 Å². The van der Waals surface area contributed by atoms with Gasteiger partial charge in [0.05, 0.1) is 25.3 Å². The summed E-state index contributed by atoms with van der Waals surface area (Å²) in [5.41, 5.74) is 0.811. The van der Waals surface area contributed by atoms with Crippen LogP contribution in [-0.2, 0) is 17.8 Å². The van der Waals surface area contributed by atoms with Crippen molar-refractivity contribution in [3.05, 3.63) is 52.5 Å². The molecule has 124 valence electrons. The molecule has 0 aliphatic heterocycles. The Labute approximate surface area is 143 Å². The second kappa shape index (κ2) is 7.69. The molecule has 0 aliphatic carbocycles. The van der Waals surface area contributed by atoms with Crippen LogP contribution in [0.25, 0.3) is 5.69 Å². The molecule has 24 heavy (non-hydrogen) atoms. The molecule has 0 aliphatic rings. The van der Waals surface area contributed by atoms with Gasteiger partial charge in [-0.15, -0.1) is 16.4 Å². The first-order chi connectivity index (χ1) is 11.8. The van der Waals surface area contributed by atoms with Crippen LogP contribution in [0.4, 0.5) is 0 Å². The fourth-order valence-electron chi connectivity index (χ4n) is 2.18. The maximum atomic E-state index is 12.0. The van der Waals surface area contributed by atoms with E-state index in [0.717, 1.165) is 16.3 Å². The summed E-state index contributed by atoms with van der Waals surface area (Å²) in [5.74, 6) is 1.30. The van der Waals surface area contributed by atoms with Crippen molar-refractivity contribution in [1.29, 1.82) is 0 Å². The van der Waals surface area contributed by atoms with Gasteiger partial charge in [0.2, 0.25) is 5.91 Å². The molecule has 2 aromatic heterocycles. The van der Waals surface area contributed by atoms with Crippen molar-refractivity contribution in [2.24, 2.45) is 0 Å². The van der Waals surface area contributed by atoms with E-state index in [9.17, 15) is 4.79 Å². The molecule has 0 spiro atoms. The van der Waals surface area contributed by atoms with E-state index in [1.54, 1.807) is 16.0 Å². The summed E-state index contributed by atoms with van der Waals surface area (Å²) in [5, 5.41) is 16.5. The quantitative estimate of drug-likeness (QED) is 0.709. The van der Waals surface area contributed by atoms with Gasteiger partial charge >= 0.3 is 0 Å². The molecule has 1 aromatic carbocycles. The van der Waals surface area contributed by atoms with E-state index >= 15 is 0 Å². The maximum Gasteiger partial charge on any atom is 0.225 e. The lowest BCUT2D eigenvalue weighted by atomic mass is 10.3. The van der Waals surface area contributed by atoms with Gasteiger partial charge in [0.1, 0.15) is 5.75 Å². The lowest BCUT2D eigenvalue weighted by Crippen LogP contribution is -2.26. The third-order valence-electron chi connectivity index (χ3n) is 3.28. The molecule has 0 atom stereocenters. The van der Waals surface area contributed by atoms with Gasteiger partial charge in [-0.3, -0.25) is 4.79 Å². The summed E-state index contributed by atoms with van der Waals surface area (Å²) >= 11 is 1.56. The topological polar surface area (TPSA) is 81.9 Å². The molecular formula is C16H17N5O2S. The van der Waals surface area contributed by atoms with Crippen LogP contribution in [0.5, 0.6) is 5.75 Å². The minimum Gasteiger partial charge on any atom is -0.494 e. The molecule has 1 amide bonds. The Hall–Kier alpha value is -2.74. The van der Waals surface area contributed by atoms with Gasteiger partial charge in [-0.2, -0.15) is 4.68 Å². The highest BCUT2D eigenvalue weighted by Crippen LogP contribution is 2.15. The second-order valence-corrected chi connectivity index (χ2v) is 6.00. The van der Waals surface area contributed by atoms with Crippen molar-refractivity contribution in [2.75, 3.05) is 6.61 Å². The van der Waals surface area contributed by atoms with Crippen LogP contribution in [0.1, 0.15) is 17.6 Å². The molecule has 0 fully saturated rings. The normalized spacial score (nSPS) is 10.5. The van der Waals surface area contributed by atoms with Crippen molar-refractivity contribution >= 4 is 17.2 Å². The van der Waals surface area contributed by atoms with Crippen molar-refractivity contribution in [2.45, 2.75) is 19.9 Å². The van der Waals surface area contributed by atoms with E-state index in [-0.39, 0.29) is 12.5 Å². The third-order valence-corrected chi connectivity index (χ3v) is 4.16. The van der Waals surface area contributed by atoms with Crippen molar-refractivity contribution in [3.8, 4) is 11.4 Å². The number of aromatic nitrogens is 4. The van der Waals surface area contributed by atoms with Gasteiger partial charge in [-0.25, -0.2) is 0 Å². The molecule has 3 rings (SSSR count). The molecule has 1 N–H and O–H groups in total. The number of ether oxygens (including phenoxy) is 1. The van der Waals surface area contributed by atoms with Crippen LogP contribution in [0.15, 0.2) is 41.8 Å². The lowest BCUT2D eigenvalue weighted by molar-refractivity contribution is -0.120. The van der Waals surface area contributed by atoms with Gasteiger partial charge in [0.25, 0.3) is 0 Å². The molecule has 3 aromatic rings. The Morgan fingerprint density at radius 3 is 2.83 bits per heavy atom. The summed E-state index contributed by atoms with van der Waals surface area (Å²) in [6.07, 6.45) is 0.363. The molecule has 0 saturated carbocycles. The maximum absolute atomic E-state index is 12.0. The Morgan fingerprint density at radius 2 is 2.12 bits per heavy atom. The first kappa shape index (κ1) is 16.1. The van der Waals surface area contributed by atoms with Gasteiger partial charge in [-0.1, -0.05) is 6.07 Å². The van der Waals surface area contributed by atoms with Gasteiger partial charge in [-0.05, 0) is 53.1 Å². The summed E-state index contributed by atoms with van der Waals surface area (Å²) in [4.78, 5) is 13.0.